The number of anilines is 1. The number of methoxy groups -OCH3 is 2. The van der Waals surface area contributed by atoms with Gasteiger partial charge in [-0.3, -0.25) is 4.79 Å². The van der Waals surface area contributed by atoms with E-state index in [1.54, 1.807) is 26.5 Å². The fourth-order valence-corrected chi connectivity index (χ4v) is 2.53. The minimum atomic E-state index is -0.103. The summed E-state index contributed by atoms with van der Waals surface area (Å²) in [6.45, 7) is 0. The fraction of sp³-hybridized carbons (Fsp3) is 0.267. The molecule has 104 valence electrons. The first kappa shape index (κ1) is 12.6. The Hall–Kier alpha value is -2.43. The second-order valence-corrected chi connectivity index (χ2v) is 4.61. The van der Waals surface area contributed by atoms with Gasteiger partial charge in [-0.05, 0) is 23.8 Å². The van der Waals surface area contributed by atoms with Gasteiger partial charge >= 0.3 is 0 Å². The zero-order valence-corrected chi connectivity index (χ0v) is 11.3. The summed E-state index contributed by atoms with van der Waals surface area (Å²) >= 11 is 0. The molecular weight excluding hydrogens is 258 g/mol. The number of furan rings is 1. The van der Waals surface area contributed by atoms with Crippen LogP contribution in [-0.2, 0) is 4.79 Å². The van der Waals surface area contributed by atoms with Gasteiger partial charge < -0.3 is 19.2 Å². The van der Waals surface area contributed by atoms with Crippen LogP contribution in [0.4, 0.5) is 5.69 Å². The van der Waals surface area contributed by atoms with Crippen LogP contribution in [0.25, 0.3) is 0 Å². The lowest BCUT2D eigenvalue weighted by Gasteiger charge is -2.25. The number of carbonyl (C=O) groups excluding carboxylic acids is 1. The number of rotatable bonds is 3. The van der Waals surface area contributed by atoms with Crippen LogP contribution in [0.5, 0.6) is 11.5 Å². The van der Waals surface area contributed by atoms with E-state index in [0.717, 1.165) is 17.0 Å². The van der Waals surface area contributed by atoms with Crippen LogP contribution < -0.4 is 14.8 Å². The molecule has 2 aromatic rings. The van der Waals surface area contributed by atoms with Crippen molar-refractivity contribution >= 4 is 11.6 Å². The van der Waals surface area contributed by atoms with Crippen molar-refractivity contribution in [3.8, 4) is 11.5 Å². The van der Waals surface area contributed by atoms with E-state index in [0.29, 0.717) is 17.9 Å². The van der Waals surface area contributed by atoms with Gasteiger partial charge in [0.25, 0.3) is 0 Å². The predicted octanol–water partition coefficient (Wildman–Crippen LogP) is 2.77. The Morgan fingerprint density at radius 1 is 1.25 bits per heavy atom. The predicted molar refractivity (Wildman–Crippen MR) is 73.3 cm³/mol. The highest BCUT2D eigenvalue weighted by molar-refractivity contribution is 5.95. The molecule has 1 aliphatic heterocycles. The number of carbonyl (C=O) groups is 1. The Kier molecular flexibility index (Phi) is 3.10. The third kappa shape index (κ3) is 2.01. The molecule has 5 heteroatoms. The average Bonchev–Trinajstić information content (AvgIpc) is 2.98. The Morgan fingerprint density at radius 2 is 2.00 bits per heavy atom. The molecule has 1 aromatic heterocycles. The number of hydrogen-bond donors (Lipinski definition) is 1. The van der Waals surface area contributed by atoms with Gasteiger partial charge in [-0.15, -0.1) is 0 Å². The molecule has 5 nitrogen and oxygen atoms in total. The van der Waals surface area contributed by atoms with Gasteiger partial charge in [-0.1, -0.05) is 0 Å². The van der Waals surface area contributed by atoms with E-state index in [4.69, 9.17) is 13.9 Å². The summed E-state index contributed by atoms with van der Waals surface area (Å²) in [4.78, 5) is 11.9. The summed E-state index contributed by atoms with van der Waals surface area (Å²) in [5.74, 6) is 1.86. The summed E-state index contributed by atoms with van der Waals surface area (Å²) in [5, 5.41) is 2.86. The minimum absolute atomic E-state index is 0.0360. The molecule has 1 amide bonds. The maximum absolute atomic E-state index is 11.9. The highest BCUT2D eigenvalue weighted by Crippen LogP contribution is 2.42. The quantitative estimate of drug-likeness (QED) is 0.934. The molecule has 0 aliphatic carbocycles. The highest BCUT2D eigenvalue weighted by Gasteiger charge is 2.30. The first-order chi connectivity index (χ1) is 9.72. The van der Waals surface area contributed by atoms with E-state index in [-0.39, 0.29) is 11.8 Å². The Balaban J connectivity index is 2.13. The van der Waals surface area contributed by atoms with Crippen molar-refractivity contribution < 1.29 is 18.7 Å². The molecule has 0 spiro atoms. The molecule has 0 radical (unpaired) electrons. The van der Waals surface area contributed by atoms with Crippen LogP contribution in [0.3, 0.4) is 0 Å². The molecule has 2 heterocycles. The van der Waals surface area contributed by atoms with Crippen LogP contribution in [0.2, 0.25) is 0 Å². The van der Waals surface area contributed by atoms with Crippen molar-refractivity contribution in [2.45, 2.75) is 12.3 Å². The first-order valence-corrected chi connectivity index (χ1v) is 6.32. The minimum Gasteiger partial charge on any atom is -0.493 e. The molecule has 0 saturated carbocycles. The van der Waals surface area contributed by atoms with E-state index in [9.17, 15) is 4.79 Å². The van der Waals surface area contributed by atoms with Crippen LogP contribution in [0.15, 0.2) is 34.9 Å². The second kappa shape index (κ2) is 4.92. The zero-order chi connectivity index (χ0) is 14.1. The number of amides is 1. The molecule has 20 heavy (non-hydrogen) atoms. The number of fused-ring (bicyclic) bond motifs is 1. The molecule has 0 unspecified atom stereocenters. The zero-order valence-electron chi connectivity index (χ0n) is 11.3. The maximum atomic E-state index is 11.9. The number of benzene rings is 1. The SMILES string of the molecule is COc1cc2c(cc1OC)[C@H](c1ccco1)CC(=O)N2. The largest absolute Gasteiger partial charge is 0.493 e. The molecule has 0 fully saturated rings. The van der Waals surface area contributed by atoms with Crippen LogP contribution in [0, 0.1) is 0 Å². The van der Waals surface area contributed by atoms with Gasteiger partial charge in [0.1, 0.15) is 5.76 Å². The van der Waals surface area contributed by atoms with Gasteiger partial charge in [0, 0.05) is 18.2 Å². The van der Waals surface area contributed by atoms with Crippen LogP contribution in [0.1, 0.15) is 23.7 Å². The first-order valence-electron chi connectivity index (χ1n) is 6.32. The van der Waals surface area contributed by atoms with Gasteiger partial charge in [-0.25, -0.2) is 0 Å². The summed E-state index contributed by atoms with van der Waals surface area (Å²) in [6.07, 6.45) is 1.97. The summed E-state index contributed by atoms with van der Waals surface area (Å²) < 4.78 is 16.0. The molecule has 1 aromatic carbocycles. The summed E-state index contributed by atoms with van der Waals surface area (Å²) in [7, 11) is 3.16. The van der Waals surface area contributed by atoms with Gasteiger partial charge in [0.2, 0.25) is 5.91 Å². The van der Waals surface area contributed by atoms with Gasteiger partial charge in [-0.2, -0.15) is 0 Å². The van der Waals surface area contributed by atoms with Crippen molar-refractivity contribution in [3.05, 3.63) is 41.9 Å². The average molecular weight is 273 g/mol. The van der Waals surface area contributed by atoms with E-state index >= 15 is 0 Å². The summed E-state index contributed by atoms with van der Waals surface area (Å²) in [6, 6.07) is 7.37. The van der Waals surface area contributed by atoms with Crippen LogP contribution in [-0.4, -0.2) is 20.1 Å². The number of nitrogens with one attached hydrogen (secondary N) is 1. The number of hydrogen-bond acceptors (Lipinski definition) is 4. The Labute approximate surface area is 116 Å². The normalized spacial score (nSPS) is 17.3. The standard InChI is InChI=1S/C15H15NO4/c1-18-13-6-9-10(12-4-3-5-20-12)7-15(17)16-11(9)8-14(13)19-2/h3-6,8,10H,7H2,1-2H3,(H,16,17)/t10-/m1/s1. The third-order valence-corrected chi connectivity index (χ3v) is 3.48. The van der Waals surface area contributed by atoms with E-state index in [1.165, 1.54) is 0 Å². The van der Waals surface area contributed by atoms with Crippen molar-refractivity contribution in [2.75, 3.05) is 19.5 Å². The third-order valence-electron chi connectivity index (χ3n) is 3.48. The number of ether oxygens (including phenoxy) is 2. The summed E-state index contributed by atoms with van der Waals surface area (Å²) in [5.41, 5.74) is 1.71. The molecule has 1 atom stereocenters. The molecule has 0 bridgehead atoms. The molecule has 0 saturated heterocycles. The smallest absolute Gasteiger partial charge is 0.225 e. The molecule has 1 N–H and O–H groups in total. The van der Waals surface area contributed by atoms with E-state index in [2.05, 4.69) is 5.32 Å². The van der Waals surface area contributed by atoms with E-state index < -0.39 is 0 Å². The second-order valence-electron chi connectivity index (χ2n) is 4.61. The van der Waals surface area contributed by atoms with Crippen molar-refractivity contribution in [1.82, 2.24) is 0 Å². The Morgan fingerprint density at radius 3 is 2.65 bits per heavy atom. The maximum Gasteiger partial charge on any atom is 0.225 e. The van der Waals surface area contributed by atoms with Gasteiger partial charge in [0.15, 0.2) is 11.5 Å². The molecular formula is C15H15NO4. The Bertz CT molecular complexity index is 634. The topological polar surface area (TPSA) is 60.7 Å². The van der Waals surface area contributed by atoms with Crippen molar-refractivity contribution in [3.63, 3.8) is 0 Å². The van der Waals surface area contributed by atoms with Crippen molar-refractivity contribution in [1.29, 1.82) is 0 Å². The van der Waals surface area contributed by atoms with E-state index in [1.807, 2.05) is 18.2 Å². The van der Waals surface area contributed by atoms with Gasteiger partial charge in [0.05, 0.1) is 26.4 Å². The fourth-order valence-electron chi connectivity index (χ4n) is 2.53. The monoisotopic (exact) mass is 273 g/mol. The highest BCUT2D eigenvalue weighted by atomic mass is 16.5. The lowest BCUT2D eigenvalue weighted by atomic mass is 9.88. The van der Waals surface area contributed by atoms with Crippen LogP contribution >= 0.6 is 0 Å². The molecule has 3 rings (SSSR count). The lowest BCUT2D eigenvalue weighted by Crippen LogP contribution is -2.23. The molecule has 1 aliphatic rings. The lowest BCUT2D eigenvalue weighted by molar-refractivity contribution is -0.116. The van der Waals surface area contributed by atoms with Crippen molar-refractivity contribution in [2.24, 2.45) is 0 Å².